The quantitative estimate of drug-likeness (QED) is 0.187. The third-order valence-electron chi connectivity index (χ3n) is 7.70. The van der Waals surface area contributed by atoms with Crippen LogP contribution in [0.1, 0.15) is 41.3 Å². The number of carbonyl (C=O) groups is 3. The molecule has 0 aromatic heterocycles. The van der Waals surface area contributed by atoms with Crippen molar-refractivity contribution in [2.45, 2.75) is 62.7 Å². The van der Waals surface area contributed by atoms with Gasteiger partial charge < -0.3 is 37.2 Å². The second kappa shape index (κ2) is 8.17. The highest BCUT2D eigenvalue weighted by molar-refractivity contribution is 6.02. The normalized spacial score (nSPS) is 30.5. The van der Waals surface area contributed by atoms with E-state index in [4.69, 9.17) is 11.5 Å². The van der Waals surface area contributed by atoms with Gasteiger partial charge in [-0.25, -0.2) is 9.98 Å². The lowest BCUT2D eigenvalue weighted by atomic mass is 9.84. The minimum Gasteiger partial charge on any atom is -0.370 e. The lowest BCUT2D eigenvalue weighted by Gasteiger charge is -2.49. The van der Waals surface area contributed by atoms with E-state index in [-0.39, 0.29) is 49.7 Å². The zero-order valence-electron chi connectivity index (χ0n) is 20.1. The lowest BCUT2D eigenvalue weighted by molar-refractivity contribution is -0.230. The predicted molar refractivity (Wildman–Crippen MR) is 128 cm³/mol. The van der Waals surface area contributed by atoms with E-state index < -0.39 is 35.5 Å². The van der Waals surface area contributed by atoms with E-state index in [0.29, 0.717) is 5.56 Å². The summed E-state index contributed by atoms with van der Waals surface area (Å²) >= 11 is 0. The Balaban J connectivity index is 1.47. The predicted octanol–water partition coefficient (Wildman–Crippen LogP) is -2.52. The number of aliphatic hydroxyl groups is 2. The molecular weight excluding hydrogens is 468 g/mol. The van der Waals surface area contributed by atoms with Crippen molar-refractivity contribution in [1.29, 1.82) is 0 Å². The number of nitrogens with one attached hydrogen (secondary N) is 2. The third kappa shape index (κ3) is 3.26. The van der Waals surface area contributed by atoms with Gasteiger partial charge in [0.25, 0.3) is 5.91 Å². The van der Waals surface area contributed by atoms with Crippen LogP contribution in [-0.2, 0) is 16.0 Å². The fourth-order valence-electron chi connectivity index (χ4n) is 5.80. The molecule has 5 rings (SSSR count). The minimum absolute atomic E-state index is 0.0545. The lowest BCUT2D eigenvalue weighted by Crippen LogP contribution is -2.78. The summed E-state index contributed by atoms with van der Waals surface area (Å²) in [6, 6.07) is 2.30. The number of hydrogen-bond donors (Lipinski definition) is 6. The molecule has 36 heavy (non-hydrogen) atoms. The summed E-state index contributed by atoms with van der Waals surface area (Å²) in [7, 11) is 0. The van der Waals surface area contributed by atoms with Crippen LogP contribution in [0.15, 0.2) is 28.2 Å². The molecular formula is C23H30N8O5. The van der Waals surface area contributed by atoms with E-state index in [0.717, 1.165) is 22.4 Å². The first-order valence-electron chi connectivity index (χ1n) is 11.9. The van der Waals surface area contributed by atoms with Crippen LogP contribution in [0.3, 0.4) is 0 Å². The first-order valence-corrected chi connectivity index (χ1v) is 11.9. The van der Waals surface area contributed by atoms with Gasteiger partial charge in [0, 0.05) is 24.9 Å². The monoisotopic (exact) mass is 498 g/mol. The fraction of sp³-hybridized carbons (Fsp3) is 0.522. The van der Waals surface area contributed by atoms with Crippen LogP contribution in [-0.4, -0.2) is 92.3 Å². The molecule has 3 amide bonds. The molecule has 0 aliphatic carbocycles. The summed E-state index contributed by atoms with van der Waals surface area (Å²) in [6.07, 6.45) is 0.954. The first-order chi connectivity index (χ1) is 17.0. The van der Waals surface area contributed by atoms with E-state index in [1.165, 1.54) is 4.90 Å². The Kier molecular flexibility index (Phi) is 5.45. The van der Waals surface area contributed by atoms with E-state index >= 15 is 0 Å². The average Bonchev–Trinajstić information content (AvgIpc) is 3.42. The summed E-state index contributed by atoms with van der Waals surface area (Å²) in [5, 5.41) is 28.7. The first kappa shape index (κ1) is 24.0. The van der Waals surface area contributed by atoms with Crippen LogP contribution < -0.4 is 22.1 Å². The van der Waals surface area contributed by atoms with Crippen LogP contribution in [0, 0.1) is 6.92 Å². The van der Waals surface area contributed by atoms with Crippen LogP contribution in [0.2, 0.25) is 0 Å². The van der Waals surface area contributed by atoms with Gasteiger partial charge in [-0.15, -0.1) is 0 Å². The molecule has 4 heterocycles. The van der Waals surface area contributed by atoms with Crippen molar-refractivity contribution in [3.8, 4) is 0 Å². The molecule has 13 heteroatoms. The summed E-state index contributed by atoms with van der Waals surface area (Å²) in [4.78, 5) is 49.0. The average molecular weight is 499 g/mol. The fourth-order valence-corrected chi connectivity index (χ4v) is 5.80. The van der Waals surface area contributed by atoms with Crippen molar-refractivity contribution in [3.63, 3.8) is 0 Å². The Morgan fingerprint density at radius 1 is 1.22 bits per heavy atom. The number of likely N-dealkylation sites (tertiary alicyclic amines) is 1. The summed E-state index contributed by atoms with van der Waals surface area (Å²) in [5.74, 6) is -3.89. The van der Waals surface area contributed by atoms with E-state index in [2.05, 4.69) is 20.6 Å². The summed E-state index contributed by atoms with van der Waals surface area (Å²) in [5.41, 5.74) is 12.7. The summed E-state index contributed by atoms with van der Waals surface area (Å²) in [6.45, 7) is 3.60. The molecule has 0 bridgehead atoms. The number of imide groups is 1. The van der Waals surface area contributed by atoms with Gasteiger partial charge >= 0.3 is 0 Å². The van der Waals surface area contributed by atoms with E-state index in [1.807, 2.05) is 19.9 Å². The van der Waals surface area contributed by atoms with Crippen molar-refractivity contribution in [1.82, 2.24) is 20.4 Å². The molecule has 3 unspecified atom stereocenters. The number of benzene rings is 1. The Bertz CT molecular complexity index is 1200. The molecule has 4 aliphatic heterocycles. The van der Waals surface area contributed by atoms with Gasteiger partial charge in [0.2, 0.25) is 17.6 Å². The minimum atomic E-state index is -2.61. The molecule has 1 aromatic rings. The Morgan fingerprint density at radius 2 is 1.92 bits per heavy atom. The second-order valence-corrected chi connectivity index (χ2v) is 9.61. The molecule has 8 N–H and O–H groups in total. The number of hydrogen-bond acceptors (Lipinski definition) is 11. The molecule has 2 saturated heterocycles. The van der Waals surface area contributed by atoms with Crippen molar-refractivity contribution in [2.75, 3.05) is 13.1 Å². The molecule has 0 saturated carbocycles. The second-order valence-electron chi connectivity index (χ2n) is 9.61. The summed E-state index contributed by atoms with van der Waals surface area (Å²) < 4.78 is 0. The zero-order chi connectivity index (χ0) is 26.0. The van der Waals surface area contributed by atoms with E-state index in [9.17, 15) is 24.6 Å². The van der Waals surface area contributed by atoms with Crippen LogP contribution in [0.5, 0.6) is 0 Å². The van der Waals surface area contributed by atoms with Gasteiger partial charge in [0.15, 0.2) is 17.6 Å². The maximum Gasteiger partial charge on any atom is 0.252 e. The number of nitrogens with two attached hydrogens (primary N) is 2. The van der Waals surface area contributed by atoms with Crippen molar-refractivity contribution in [3.05, 3.63) is 34.9 Å². The molecule has 192 valence electrons. The number of nitrogens with zero attached hydrogens (tertiary/aromatic N) is 4. The molecule has 0 radical (unpaired) electrons. The van der Waals surface area contributed by atoms with Crippen molar-refractivity contribution >= 4 is 29.6 Å². The van der Waals surface area contributed by atoms with Crippen molar-refractivity contribution < 1.29 is 24.6 Å². The smallest absolute Gasteiger partial charge is 0.252 e. The molecule has 4 aliphatic rings. The number of carbonyl (C=O) groups excluding carboxylic acids is 3. The Hall–Kier alpha value is -3.71. The number of aryl methyl sites for hydroxylation is 1. The Morgan fingerprint density at radius 3 is 2.58 bits per heavy atom. The molecule has 1 spiro atoms. The topological polar surface area (TPSA) is 199 Å². The maximum absolute atomic E-state index is 13.2. The third-order valence-corrected chi connectivity index (χ3v) is 7.70. The number of rotatable bonds is 5. The van der Waals surface area contributed by atoms with Gasteiger partial charge in [-0.3, -0.25) is 19.3 Å². The van der Waals surface area contributed by atoms with Gasteiger partial charge in [-0.2, -0.15) is 0 Å². The number of amides is 3. The maximum atomic E-state index is 13.2. The molecule has 13 nitrogen and oxygen atoms in total. The largest absolute Gasteiger partial charge is 0.370 e. The number of guanidine groups is 2. The van der Waals surface area contributed by atoms with Gasteiger partial charge in [-0.05, 0) is 30.5 Å². The van der Waals surface area contributed by atoms with Crippen LogP contribution in [0.4, 0.5) is 0 Å². The van der Waals surface area contributed by atoms with Crippen molar-refractivity contribution in [2.24, 2.45) is 21.5 Å². The molecule has 2 fully saturated rings. The standard InChI is InChI=1S/C23H30N8O5/c1-3-12-5-4-6-13(11(12)2)19(34)27-15-10-31-21(25)26-14(9-30-16(32)7-8-17(30)33)18-22(31,23(15,35)36)29-20(24)28-18/h4-6,14-15,18,35-36H,3,7-10H2,1-2H3,(H2,25,26)(H,27,34)(H3,24,28,29)/t14?,15-,18?,22?/m0/s1. The van der Waals surface area contributed by atoms with Crippen LogP contribution in [0.25, 0.3) is 0 Å². The number of aliphatic imine (C=N–C) groups is 2. The van der Waals surface area contributed by atoms with Gasteiger partial charge in [0.05, 0.1) is 12.6 Å². The Labute approximate surface area is 207 Å². The zero-order valence-corrected chi connectivity index (χ0v) is 20.1. The SMILES string of the molecule is CCc1cccc(C(=O)N[C@H]2CN3C(N)=NC(CN4C(=O)CCC4=O)C4N=C(N)NC43C2(O)O)c1C. The highest BCUT2D eigenvalue weighted by Crippen LogP contribution is 2.45. The van der Waals surface area contributed by atoms with Gasteiger partial charge in [0.1, 0.15) is 12.1 Å². The van der Waals surface area contributed by atoms with E-state index in [1.54, 1.807) is 12.1 Å². The molecule has 4 atom stereocenters. The highest BCUT2D eigenvalue weighted by Gasteiger charge is 2.73. The van der Waals surface area contributed by atoms with Crippen LogP contribution >= 0.6 is 0 Å². The highest BCUT2D eigenvalue weighted by atomic mass is 16.5. The molecule has 1 aromatic carbocycles. The van der Waals surface area contributed by atoms with Gasteiger partial charge in [-0.1, -0.05) is 19.1 Å².